The van der Waals surface area contributed by atoms with Crippen LogP contribution in [0.4, 0.5) is 0 Å². The Morgan fingerprint density at radius 3 is 2.23 bits per heavy atom. The molecule has 0 aliphatic rings. The number of ether oxygens (including phenoxy) is 2. The lowest BCUT2D eigenvalue weighted by Gasteiger charge is -2.01. The highest BCUT2D eigenvalue weighted by atomic mass is 16.6. The summed E-state index contributed by atoms with van der Waals surface area (Å²) in [4.78, 5) is 31.8. The van der Waals surface area contributed by atoms with Crippen molar-refractivity contribution in [1.82, 2.24) is 0 Å². The minimum atomic E-state index is -0.817. The summed E-state index contributed by atoms with van der Waals surface area (Å²) in [6.07, 6.45) is -0.341. The first-order valence-corrected chi connectivity index (χ1v) is 3.44. The summed E-state index contributed by atoms with van der Waals surface area (Å²) in [5, 5.41) is 0. The van der Waals surface area contributed by atoms with Gasteiger partial charge >= 0.3 is 17.9 Å². The summed E-state index contributed by atoms with van der Waals surface area (Å²) in [7, 11) is 1.17. The van der Waals surface area contributed by atoms with Crippen LogP contribution in [0.2, 0.25) is 0 Å². The number of methoxy groups -OCH3 is 1. The smallest absolute Gasteiger partial charge is 0.333 e. The Morgan fingerprint density at radius 2 is 1.85 bits per heavy atom. The van der Waals surface area contributed by atoms with E-state index in [1.165, 1.54) is 7.11 Å². The zero-order valence-electron chi connectivity index (χ0n) is 7.46. The topological polar surface area (TPSA) is 69.7 Å². The number of hydrogen-bond acceptors (Lipinski definition) is 5. The van der Waals surface area contributed by atoms with Crippen molar-refractivity contribution in [1.29, 1.82) is 0 Å². The van der Waals surface area contributed by atoms with Crippen molar-refractivity contribution < 1.29 is 23.9 Å². The first-order valence-electron chi connectivity index (χ1n) is 3.44. The molecule has 72 valence electrons. The second-order valence-corrected chi connectivity index (χ2v) is 2.24. The largest absolute Gasteiger partial charge is 0.466 e. The van der Waals surface area contributed by atoms with Gasteiger partial charge in [-0.1, -0.05) is 6.58 Å². The maximum atomic E-state index is 10.8. The zero-order chi connectivity index (χ0) is 10.4. The minimum absolute atomic E-state index is 0.0475. The minimum Gasteiger partial charge on any atom is -0.466 e. The van der Waals surface area contributed by atoms with E-state index in [4.69, 9.17) is 0 Å². The second-order valence-electron chi connectivity index (χ2n) is 2.24. The average Bonchev–Trinajstić information content (AvgIpc) is 2.01. The van der Waals surface area contributed by atoms with Crippen molar-refractivity contribution in [3.8, 4) is 0 Å². The maximum absolute atomic E-state index is 10.8. The van der Waals surface area contributed by atoms with Crippen molar-refractivity contribution in [2.75, 3.05) is 7.11 Å². The molecule has 0 aromatic rings. The molecular weight excluding hydrogens is 176 g/mol. The van der Waals surface area contributed by atoms with E-state index in [2.05, 4.69) is 16.1 Å². The molecule has 0 amide bonds. The fraction of sp³-hybridized carbons (Fsp3) is 0.375. The van der Waals surface area contributed by atoms with E-state index in [9.17, 15) is 14.4 Å². The van der Waals surface area contributed by atoms with Crippen LogP contribution < -0.4 is 0 Å². The van der Waals surface area contributed by atoms with Crippen molar-refractivity contribution >= 4 is 17.9 Å². The molecule has 0 aromatic heterocycles. The van der Waals surface area contributed by atoms with Gasteiger partial charge < -0.3 is 9.47 Å². The first kappa shape index (κ1) is 11.4. The third-order valence-electron chi connectivity index (χ3n) is 1.09. The third-order valence-corrected chi connectivity index (χ3v) is 1.09. The molecule has 0 saturated carbocycles. The van der Waals surface area contributed by atoms with E-state index in [0.717, 1.165) is 6.92 Å². The van der Waals surface area contributed by atoms with Crippen molar-refractivity contribution in [2.45, 2.75) is 13.3 Å². The molecule has 0 aliphatic heterocycles. The molecule has 0 bridgehead atoms. The van der Waals surface area contributed by atoms with E-state index in [0.29, 0.717) is 0 Å². The molecule has 5 heteroatoms. The molecule has 0 radical (unpaired) electrons. The molecule has 0 aromatic carbocycles. The fourth-order valence-electron chi connectivity index (χ4n) is 0.587. The molecule has 0 N–H and O–H groups in total. The summed E-state index contributed by atoms with van der Waals surface area (Å²) in [6, 6.07) is 0. The quantitative estimate of drug-likeness (QED) is 0.357. The Balaban J connectivity index is 3.99. The number of rotatable bonds is 3. The van der Waals surface area contributed by atoms with Gasteiger partial charge in [-0.15, -0.1) is 0 Å². The fourth-order valence-corrected chi connectivity index (χ4v) is 0.587. The molecule has 0 atom stereocenters. The van der Waals surface area contributed by atoms with Gasteiger partial charge in [-0.2, -0.15) is 0 Å². The third kappa shape index (κ3) is 4.73. The van der Waals surface area contributed by atoms with E-state index in [1.54, 1.807) is 0 Å². The van der Waals surface area contributed by atoms with E-state index in [-0.39, 0.29) is 12.0 Å². The lowest BCUT2D eigenvalue weighted by atomic mass is 10.2. The summed E-state index contributed by atoms with van der Waals surface area (Å²) >= 11 is 0. The van der Waals surface area contributed by atoms with Crippen LogP contribution in [0, 0.1) is 0 Å². The van der Waals surface area contributed by atoms with Gasteiger partial charge in [0.05, 0.1) is 13.5 Å². The number of carbonyl (C=O) groups is 3. The highest BCUT2D eigenvalue weighted by Crippen LogP contribution is 2.01. The molecule has 5 nitrogen and oxygen atoms in total. The molecule has 0 aliphatic carbocycles. The second kappa shape index (κ2) is 5.08. The SMILES string of the molecule is C=C(CC(=O)OC(C)=O)C(=O)OC. The highest BCUT2D eigenvalue weighted by Gasteiger charge is 2.14. The van der Waals surface area contributed by atoms with E-state index < -0.39 is 17.9 Å². The average molecular weight is 186 g/mol. The molecule has 0 unspecified atom stereocenters. The predicted molar refractivity (Wildman–Crippen MR) is 42.5 cm³/mol. The van der Waals surface area contributed by atoms with Crippen LogP contribution in [0.3, 0.4) is 0 Å². The molecule has 0 rings (SSSR count). The zero-order valence-corrected chi connectivity index (χ0v) is 7.46. The van der Waals surface area contributed by atoms with Gasteiger partial charge in [0, 0.05) is 12.5 Å². The maximum Gasteiger partial charge on any atom is 0.333 e. The normalized spacial score (nSPS) is 8.77. The van der Waals surface area contributed by atoms with E-state index >= 15 is 0 Å². The van der Waals surface area contributed by atoms with Gasteiger partial charge in [-0.25, -0.2) is 4.79 Å². The Morgan fingerprint density at radius 1 is 1.31 bits per heavy atom. The van der Waals surface area contributed by atoms with Crippen LogP contribution in [-0.2, 0) is 23.9 Å². The van der Waals surface area contributed by atoms with Crippen LogP contribution in [0.1, 0.15) is 13.3 Å². The Kier molecular flexibility index (Phi) is 4.43. The Hall–Kier alpha value is -1.65. The van der Waals surface area contributed by atoms with Crippen LogP contribution in [0.25, 0.3) is 0 Å². The summed E-state index contributed by atoms with van der Waals surface area (Å²) < 4.78 is 8.46. The van der Waals surface area contributed by atoms with Gasteiger partial charge in [-0.05, 0) is 0 Å². The number of hydrogen-bond donors (Lipinski definition) is 0. The highest BCUT2D eigenvalue weighted by molar-refractivity contribution is 5.95. The van der Waals surface area contributed by atoms with Gasteiger partial charge in [0.1, 0.15) is 0 Å². The molecule has 0 spiro atoms. The molecule has 0 heterocycles. The van der Waals surface area contributed by atoms with Crippen LogP contribution >= 0.6 is 0 Å². The van der Waals surface area contributed by atoms with Crippen LogP contribution in [0.15, 0.2) is 12.2 Å². The lowest BCUT2D eigenvalue weighted by molar-refractivity contribution is -0.158. The van der Waals surface area contributed by atoms with Crippen molar-refractivity contribution in [3.05, 3.63) is 12.2 Å². The predicted octanol–water partition coefficient (Wildman–Crippen LogP) is 0.195. The van der Waals surface area contributed by atoms with Crippen LogP contribution in [0.5, 0.6) is 0 Å². The lowest BCUT2D eigenvalue weighted by Crippen LogP contribution is -2.13. The molecule has 0 saturated heterocycles. The van der Waals surface area contributed by atoms with Gasteiger partial charge in [-0.3, -0.25) is 9.59 Å². The van der Waals surface area contributed by atoms with Crippen LogP contribution in [-0.4, -0.2) is 25.0 Å². The standard InChI is InChI=1S/C8H10O5/c1-5(8(11)12-3)4-7(10)13-6(2)9/h1,4H2,2-3H3. The summed E-state index contributed by atoms with van der Waals surface area (Å²) in [5.41, 5.74) is -0.0475. The van der Waals surface area contributed by atoms with Gasteiger partial charge in [0.15, 0.2) is 0 Å². The van der Waals surface area contributed by atoms with Gasteiger partial charge in [0.25, 0.3) is 0 Å². The van der Waals surface area contributed by atoms with Gasteiger partial charge in [0.2, 0.25) is 0 Å². The molecule has 13 heavy (non-hydrogen) atoms. The van der Waals surface area contributed by atoms with Crippen molar-refractivity contribution in [3.63, 3.8) is 0 Å². The number of esters is 3. The van der Waals surface area contributed by atoms with Crippen molar-refractivity contribution in [2.24, 2.45) is 0 Å². The number of carbonyl (C=O) groups excluding carboxylic acids is 3. The summed E-state index contributed by atoms with van der Waals surface area (Å²) in [5.74, 6) is -2.23. The van der Waals surface area contributed by atoms with E-state index in [1.807, 2.05) is 0 Å². The summed E-state index contributed by atoms with van der Waals surface area (Å²) in [6.45, 7) is 4.38. The Bertz CT molecular complexity index is 253. The monoisotopic (exact) mass is 186 g/mol. The Labute approximate surface area is 75.3 Å². The molecule has 0 fully saturated rings. The molecular formula is C8H10O5. The first-order chi connectivity index (χ1) is 5.97.